The average molecular weight is 307 g/mol. The fourth-order valence-corrected chi connectivity index (χ4v) is 5.03. The van der Waals surface area contributed by atoms with Gasteiger partial charge >= 0.3 is 0 Å². The first-order valence-corrected chi connectivity index (χ1v) is 11.9. The van der Waals surface area contributed by atoms with Crippen molar-refractivity contribution in [2.24, 2.45) is 0 Å². The molecule has 2 aliphatic carbocycles. The predicted octanol–water partition coefficient (Wildman–Crippen LogP) is 5.75. The summed E-state index contributed by atoms with van der Waals surface area (Å²) in [5.41, 5.74) is 7.03. The zero-order valence-corrected chi connectivity index (χ0v) is 15.0. The van der Waals surface area contributed by atoms with E-state index in [1.165, 1.54) is 24.0 Å². The Morgan fingerprint density at radius 3 is 1.86 bits per heavy atom. The van der Waals surface area contributed by atoms with Crippen molar-refractivity contribution in [2.75, 3.05) is 0 Å². The molecule has 2 aromatic rings. The summed E-state index contributed by atoms with van der Waals surface area (Å²) in [6, 6.07) is 17.4. The van der Waals surface area contributed by atoms with Gasteiger partial charge < -0.3 is 0 Å². The van der Waals surface area contributed by atoms with Crippen molar-refractivity contribution in [2.45, 2.75) is 44.4 Å². The largest absolute Gasteiger partial charge is 0.0795 e. The Bertz CT molecular complexity index is 651. The van der Waals surface area contributed by atoms with Crippen molar-refractivity contribution in [1.29, 1.82) is 0 Å². The lowest BCUT2D eigenvalue weighted by molar-refractivity contribution is 0.862. The van der Waals surface area contributed by atoms with Gasteiger partial charge in [-0.15, -0.1) is 0 Å². The van der Waals surface area contributed by atoms with Gasteiger partial charge in [0.1, 0.15) is 0 Å². The maximum Gasteiger partial charge on any atom is 0.0480 e. The van der Waals surface area contributed by atoms with Gasteiger partial charge in [0.05, 0.1) is 0 Å². The molecule has 0 fully saturated rings. The van der Waals surface area contributed by atoms with E-state index in [-0.39, 0.29) is 0 Å². The van der Waals surface area contributed by atoms with Crippen molar-refractivity contribution < 1.29 is 0 Å². The van der Waals surface area contributed by atoms with Crippen LogP contribution in [0.25, 0.3) is 6.08 Å². The van der Waals surface area contributed by atoms with Crippen molar-refractivity contribution in [3.8, 4) is 0 Å². The highest BCUT2D eigenvalue weighted by atomic mass is 28.3. The van der Waals surface area contributed by atoms with Gasteiger partial charge in [0.2, 0.25) is 0 Å². The van der Waals surface area contributed by atoms with Crippen molar-refractivity contribution >= 4 is 14.1 Å². The molecular formula is C21H26Si. The Kier molecular flexibility index (Phi) is 4.35. The second-order valence-corrected chi connectivity index (χ2v) is 13.1. The summed E-state index contributed by atoms with van der Waals surface area (Å²) in [5, 5.41) is 0. The molecule has 0 unspecified atom stereocenters. The van der Waals surface area contributed by atoms with Gasteiger partial charge in [-0.1, -0.05) is 80.3 Å². The number of rotatable bonds is 1. The van der Waals surface area contributed by atoms with Gasteiger partial charge in [-0.3, -0.25) is 0 Å². The van der Waals surface area contributed by atoms with E-state index in [0.29, 0.717) is 0 Å². The monoisotopic (exact) mass is 306 g/mol. The van der Waals surface area contributed by atoms with Gasteiger partial charge in [-0.05, 0) is 47.1 Å². The highest BCUT2D eigenvalue weighted by Gasteiger charge is 2.31. The van der Waals surface area contributed by atoms with Gasteiger partial charge in [-0.2, -0.15) is 0 Å². The number of fused-ring (bicyclic) bond motifs is 2. The van der Waals surface area contributed by atoms with Crippen LogP contribution in [-0.4, -0.2) is 8.07 Å². The second kappa shape index (κ2) is 6.25. The molecule has 0 aromatic heterocycles. The number of benzene rings is 2. The van der Waals surface area contributed by atoms with Crippen LogP contribution in [0, 0.1) is 0 Å². The minimum Gasteiger partial charge on any atom is -0.0795 e. The lowest BCUT2D eigenvalue weighted by atomic mass is 10.1. The van der Waals surface area contributed by atoms with Crippen LogP contribution in [0.2, 0.25) is 25.2 Å². The van der Waals surface area contributed by atoms with E-state index in [0.717, 1.165) is 12.0 Å². The van der Waals surface area contributed by atoms with E-state index in [1.807, 2.05) is 0 Å². The van der Waals surface area contributed by atoms with Crippen molar-refractivity contribution in [3.63, 3.8) is 0 Å². The maximum atomic E-state index is 2.49. The normalized spacial score (nSPS) is 16.0. The van der Waals surface area contributed by atoms with Crippen LogP contribution in [-0.2, 0) is 19.3 Å². The molecule has 0 saturated heterocycles. The minimum absolute atomic E-state index is 0.922. The summed E-state index contributed by atoms with van der Waals surface area (Å²) >= 11 is 0. The minimum atomic E-state index is -0.922. The van der Waals surface area contributed by atoms with Crippen LogP contribution in [0.3, 0.4) is 0 Å². The summed E-state index contributed by atoms with van der Waals surface area (Å²) in [7, 11) is -0.922. The predicted molar refractivity (Wildman–Crippen MR) is 100 cm³/mol. The first-order valence-electron chi connectivity index (χ1n) is 8.35. The summed E-state index contributed by atoms with van der Waals surface area (Å²) < 4.78 is 0. The lowest BCUT2D eigenvalue weighted by Gasteiger charge is -2.24. The molecule has 0 N–H and O–H groups in total. The Balaban J connectivity index is 0.000000139. The van der Waals surface area contributed by atoms with Crippen LogP contribution in [0.4, 0.5) is 0 Å². The van der Waals surface area contributed by atoms with Crippen LogP contribution < -0.4 is 0 Å². The summed E-state index contributed by atoms with van der Waals surface area (Å²) in [6.45, 7) is 7.47. The highest BCUT2D eigenvalue weighted by molar-refractivity contribution is 6.77. The smallest absolute Gasteiger partial charge is 0.0480 e. The molecule has 2 aromatic carbocycles. The number of allylic oxidation sites excluding steroid dienone is 1. The quantitative estimate of drug-likeness (QED) is 0.588. The SMILES string of the molecule is C1=Cc2ccccc2C1.C[Si](C)(C)C1Cc2ccccc2C1. The number of hydrogen-bond donors (Lipinski definition) is 0. The zero-order valence-electron chi connectivity index (χ0n) is 14.0. The molecule has 114 valence electrons. The topological polar surface area (TPSA) is 0 Å². The molecule has 4 rings (SSSR count). The number of hydrogen-bond acceptors (Lipinski definition) is 0. The van der Waals surface area contributed by atoms with Crippen molar-refractivity contribution in [1.82, 2.24) is 0 Å². The molecule has 0 heterocycles. The zero-order chi connectivity index (χ0) is 15.6. The Morgan fingerprint density at radius 1 is 0.773 bits per heavy atom. The third kappa shape index (κ3) is 3.41. The molecule has 0 amide bonds. The summed E-state index contributed by atoms with van der Waals surface area (Å²) in [4.78, 5) is 0. The van der Waals surface area contributed by atoms with Crippen LogP contribution in [0.5, 0.6) is 0 Å². The van der Waals surface area contributed by atoms with E-state index in [4.69, 9.17) is 0 Å². The standard InChI is InChI=1S/C12H18Si.C9H8/c1-13(2,3)12-8-10-6-4-5-7-11(10)9-12;1-2-5-9-7-3-6-8(9)4-1/h4-7,12H,8-9H2,1-3H3;1-6H,7H2. The Morgan fingerprint density at radius 2 is 1.32 bits per heavy atom. The van der Waals surface area contributed by atoms with Crippen LogP contribution in [0.1, 0.15) is 22.3 Å². The van der Waals surface area contributed by atoms with Gasteiger partial charge in [0, 0.05) is 8.07 Å². The molecule has 2 aliphatic rings. The van der Waals surface area contributed by atoms with E-state index in [9.17, 15) is 0 Å². The summed E-state index contributed by atoms with van der Waals surface area (Å²) in [5.74, 6) is 0. The fourth-order valence-electron chi connectivity index (χ4n) is 3.37. The van der Waals surface area contributed by atoms with Crippen molar-refractivity contribution in [3.05, 3.63) is 76.9 Å². The Hall–Kier alpha value is -1.60. The second-order valence-electron chi connectivity index (χ2n) is 7.55. The Labute approximate surface area is 135 Å². The average Bonchev–Trinajstić information content (AvgIpc) is 3.14. The third-order valence-electron chi connectivity index (χ3n) is 4.97. The van der Waals surface area contributed by atoms with E-state index < -0.39 is 8.07 Å². The molecule has 0 bridgehead atoms. The molecule has 22 heavy (non-hydrogen) atoms. The first-order chi connectivity index (χ1) is 10.5. The van der Waals surface area contributed by atoms with E-state index in [1.54, 1.807) is 11.1 Å². The molecule has 0 radical (unpaired) electrons. The van der Waals surface area contributed by atoms with Gasteiger partial charge in [-0.25, -0.2) is 0 Å². The van der Waals surface area contributed by atoms with Gasteiger partial charge in [0.25, 0.3) is 0 Å². The highest BCUT2D eigenvalue weighted by Crippen LogP contribution is 2.37. The molecule has 0 aliphatic heterocycles. The molecule has 0 nitrogen and oxygen atoms in total. The van der Waals surface area contributed by atoms with E-state index >= 15 is 0 Å². The fraction of sp³-hybridized carbons (Fsp3) is 0.333. The third-order valence-corrected chi connectivity index (χ3v) is 7.82. The molecular weight excluding hydrogens is 280 g/mol. The van der Waals surface area contributed by atoms with Crippen LogP contribution >= 0.6 is 0 Å². The van der Waals surface area contributed by atoms with E-state index in [2.05, 4.69) is 80.3 Å². The molecule has 0 saturated carbocycles. The molecule has 0 spiro atoms. The maximum absolute atomic E-state index is 2.49. The summed E-state index contributed by atoms with van der Waals surface area (Å²) in [6.07, 6.45) is 8.17. The van der Waals surface area contributed by atoms with Gasteiger partial charge in [0.15, 0.2) is 0 Å². The molecule has 1 heteroatoms. The lowest BCUT2D eigenvalue weighted by Crippen LogP contribution is -2.28. The molecule has 0 atom stereocenters. The van der Waals surface area contributed by atoms with Crippen LogP contribution in [0.15, 0.2) is 54.6 Å². The first kappa shape index (κ1) is 15.3.